The molecule has 0 fully saturated rings. The number of sulfonamides is 1. The van der Waals surface area contributed by atoms with Crippen LogP contribution in [0.25, 0.3) is 0 Å². The molecule has 11 heteroatoms. The summed E-state index contributed by atoms with van der Waals surface area (Å²) < 4.78 is 27.4. The Kier molecular flexibility index (Phi) is 7.60. The van der Waals surface area contributed by atoms with Crippen LogP contribution in [0.3, 0.4) is 0 Å². The first-order chi connectivity index (χ1) is 14.2. The second-order valence-electron chi connectivity index (χ2n) is 7.05. The molecule has 1 aliphatic rings. The van der Waals surface area contributed by atoms with Crippen LogP contribution >= 0.6 is 34.8 Å². The van der Waals surface area contributed by atoms with Crippen molar-refractivity contribution in [3.05, 3.63) is 61.4 Å². The van der Waals surface area contributed by atoms with Crippen molar-refractivity contribution in [1.82, 2.24) is 9.62 Å². The third-order valence-corrected chi connectivity index (χ3v) is 7.61. The Balaban J connectivity index is 1.48. The predicted molar refractivity (Wildman–Crippen MR) is 116 cm³/mol. The Morgan fingerprint density at radius 1 is 1.03 bits per heavy atom. The van der Waals surface area contributed by atoms with Crippen LogP contribution in [-0.4, -0.2) is 43.1 Å². The molecule has 0 atom stereocenters. The first kappa shape index (κ1) is 23.2. The van der Waals surface area contributed by atoms with E-state index in [-0.39, 0.29) is 37.1 Å². The lowest BCUT2D eigenvalue weighted by atomic mass is 9.99. The van der Waals surface area contributed by atoms with Gasteiger partial charge >= 0.3 is 5.69 Å². The number of benzene rings is 2. The SMILES string of the molecule is O=[N+](O)c1ccc2c(c1)CN(CCCCNS(=O)(=O)c1cc(Cl)c(Cl)cc1Cl)CC2. The standard InChI is InChI=1S/C19H21Cl3N3O4S/c20-16-10-18(22)19(11-17(16)21)30(28,29)23-6-1-2-7-24-8-5-13-3-4-15(25(26)27)9-14(13)12-24/h3-4,9-11,23H,1-2,5-8,12H2,(H,26,27)/q+1. The van der Waals surface area contributed by atoms with E-state index in [1.807, 2.05) is 6.07 Å². The zero-order valence-electron chi connectivity index (χ0n) is 15.9. The molecule has 2 aromatic carbocycles. The molecule has 2 N–H and O–H groups in total. The number of hydrogen-bond acceptors (Lipinski definition) is 4. The average molecular weight is 494 g/mol. The van der Waals surface area contributed by atoms with Gasteiger partial charge in [0.15, 0.2) is 0 Å². The van der Waals surface area contributed by atoms with Gasteiger partial charge in [-0.2, -0.15) is 0 Å². The van der Waals surface area contributed by atoms with E-state index in [2.05, 4.69) is 9.62 Å². The molecule has 30 heavy (non-hydrogen) atoms. The molecule has 0 bridgehead atoms. The molecule has 0 aromatic heterocycles. The molecule has 0 saturated heterocycles. The molecular formula is C19H21Cl3N3O4S+. The molecule has 1 heterocycles. The summed E-state index contributed by atoms with van der Waals surface area (Å²) >= 11 is 17.7. The normalized spacial score (nSPS) is 14.5. The fraction of sp³-hybridized carbons (Fsp3) is 0.368. The first-order valence-electron chi connectivity index (χ1n) is 9.32. The van der Waals surface area contributed by atoms with Crippen LogP contribution in [0, 0.1) is 4.91 Å². The van der Waals surface area contributed by atoms with Crippen LogP contribution in [0.2, 0.25) is 15.1 Å². The average Bonchev–Trinajstić information content (AvgIpc) is 2.69. The molecule has 7 nitrogen and oxygen atoms in total. The summed E-state index contributed by atoms with van der Waals surface area (Å²) in [5.41, 5.74) is 2.40. The quantitative estimate of drug-likeness (QED) is 0.320. The summed E-state index contributed by atoms with van der Waals surface area (Å²) in [5.74, 6) is 0. The molecule has 0 radical (unpaired) electrons. The van der Waals surface area contributed by atoms with E-state index in [1.54, 1.807) is 12.1 Å². The number of nitrogens with zero attached hydrogens (tertiary/aromatic N) is 2. The summed E-state index contributed by atoms with van der Waals surface area (Å²) in [4.78, 5) is 13.1. The second-order valence-corrected chi connectivity index (χ2v) is 10.0. The third kappa shape index (κ3) is 5.63. The highest BCUT2D eigenvalue weighted by Gasteiger charge is 2.21. The Morgan fingerprint density at radius 2 is 1.77 bits per heavy atom. The van der Waals surface area contributed by atoms with Gasteiger partial charge in [0.25, 0.3) is 4.92 Å². The van der Waals surface area contributed by atoms with Crippen LogP contribution in [0.1, 0.15) is 24.0 Å². The predicted octanol–water partition coefficient (Wildman–Crippen LogP) is 4.56. The Morgan fingerprint density at radius 3 is 2.50 bits per heavy atom. The number of halogens is 3. The molecular weight excluding hydrogens is 473 g/mol. The lowest BCUT2D eigenvalue weighted by Gasteiger charge is -2.28. The molecule has 0 spiro atoms. The maximum absolute atomic E-state index is 12.4. The van der Waals surface area contributed by atoms with E-state index in [4.69, 9.17) is 40.0 Å². The Hall–Kier alpha value is -1.42. The Labute approximate surface area is 190 Å². The fourth-order valence-electron chi connectivity index (χ4n) is 3.37. The van der Waals surface area contributed by atoms with Crippen LogP contribution in [0.5, 0.6) is 0 Å². The number of unbranched alkanes of at least 4 members (excludes halogenated alkanes) is 1. The van der Waals surface area contributed by atoms with Gasteiger partial charge in [0, 0.05) is 31.8 Å². The number of rotatable bonds is 8. The second kappa shape index (κ2) is 9.80. The van der Waals surface area contributed by atoms with E-state index in [9.17, 15) is 13.3 Å². The summed E-state index contributed by atoms with van der Waals surface area (Å²) in [5, 5.41) is 9.40. The topological polar surface area (TPSA) is 89.7 Å². The fourth-order valence-corrected chi connectivity index (χ4v) is 5.44. The number of hydrogen-bond donors (Lipinski definition) is 2. The lowest BCUT2D eigenvalue weighted by molar-refractivity contribution is -0.729. The highest BCUT2D eigenvalue weighted by atomic mass is 35.5. The van der Waals surface area contributed by atoms with Crippen LogP contribution in [-0.2, 0) is 23.0 Å². The van der Waals surface area contributed by atoms with E-state index >= 15 is 0 Å². The maximum Gasteiger partial charge on any atom is 0.316 e. The minimum Gasteiger partial charge on any atom is -0.299 e. The Bertz CT molecular complexity index is 1060. The van der Waals surface area contributed by atoms with Crippen molar-refractivity contribution in [3.8, 4) is 0 Å². The van der Waals surface area contributed by atoms with Crippen molar-refractivity contribution in [2.45, 2.75) is 30.7 Å². The van der Waals surface area contributed by atoms with Crippen molar-refractivity contribution >= 4 is 50.5 Å². The highest BCUT2D eigenvalue weighted by molar-refractivity contribution is 7.89. The summed E-state index contributed by atoms with van der Waals surface area (Å²) in [7, 11) is -3.79. The van der Waals surface area contributed by atoms with Gasteiger partial charge in [0.2, 0.25) is 10.0 Å². The summed E-state index contributed by atoms with van der Waals surface area (Å²) in [6.07, 6.45) is 2.30. The van der Waals surface area contributed by atoms with E-state index in [0.717, 1.165) is 31.5 Å². The molecule has 2 aromatic rings. The number of nitrogens with one attached hydrogen (secondary N) is 1. The monoisotopic (exact) mass is 492 g/mol. The third-order valence-electron chi connectivity index (χ3n) is 4.96. The van der Waals surface area contributed by atoms with Gasteiger partial charge in [-0.25, -0.2) is 18.3 Å². The minimum absolute atomic E-state index is 0.0165. The number of fused-ring (bicyclic) bond motifs is 1. The summed E-state index contributed by atoms with van der Waals surface area (Å²) in [6, 6.07) is 7.72. The molecule has 162 valence electrons. The van der Waals surface area contributed by atoms with Crippen molar-refractivity contribution in [3.63, 3.8) is 0 Å². The highest BCUT2D eigenvalue weighted by Crippen LogP contribution is 2.31. The van der Waals surface area contributed by atoms with Gasteiger partial charge in [-0.3, -0.25) is 4.90 Å². The van der Waals surface area contributed by atoms with Crippen LogP contribution < -0.4 is 4.72 Å². The first-order valence-corrected chi connectivity index (χ1v) is 11.9. The largest absolute Gasteiger partial charge is 0.316 e. The molecule has 3 rings (SSSR count). The molecule has 0 amide bonds. The molecule has 1 aliphatic heterocycles. The van der Waals surface area contributed by atoms with E-state index < -0.39 is 10.0 Å². The lowest BCUT2D eigenvalue weighted by Crippen LogP contribution is -2.32. The minimum atomic E-state index is -3.79. The van der Waals surface area contributed by atoms with Crippen LogP contribution in [0.4, 0.5) is 5.69 Å². The van der Waals surface area contributed by atoms with Gasteiger partial charge in [-0.1, -0.05) is 40.9 Å². The molecule has 0 unspecified atom stereocenters. The van der Waals surface area contributed by atoms with Gasteiger partial charge in [0.1, 0.15) is 4.90 Å². The van der Waals surface area contributed by atoms with Gasteiger partial charge in [-0.15, -0.1) is 0 Å². The van der Waals surface area contributed by atoms with E-state index in [1.165, 1.54) is 17.7 Å². The van der Waals surface area contributed by atoms with Crippen molar-refractivity contribution in [2.75, 3.05) is 19.6 Å². The van der Waals surface area contributed by atoms with Crippen LogP contribution in [0.15, 0.2) is 35.2 Å². The van der Waals surface area contributed by atoms with Crippen molar-refractivity contribution < 1.29 is 18.5 Å². The smallest absolute Gasteiger partial charge is 0.299 e. The van der Waals surface area contributed by atoms with Crippen molar-refractivity contribution in [1.29, 1.82) is 0 Å². The zero-order valence-corrected chi connectivity index (χ0v) is 19.0. The maximum atomic E-state index is 12.4. The van der Waals surface area contributed by atoms with Gasteiger partial charge in [0.05, 0.1) is 20.0 Å². The van der Waals surface area contributed by atoms with Gasteiger partial charge < -0.3 is 0 Å². The zero-order chi connectivity index (χ0) is 21.9. The molecule has 0 aliphatic carbocycles. The molecule has 0 saturated carbocycles. The van der Waals surface area contributed by atoms with Gasteiger partial charge in [-0.05, 0) is 49.1 Å². The van der Waals surface area contributed by atoms with E-state index in [0.29, 0.717) is 13.0 Å². The van der Waals surface area contributed by atoms with Crippen molar-refractivity contribution in [2.24, 2.45) is 0 Å². The summed E-state index contributed by atoms with van der Waals surface area (Å²) in [6.45, 7) is 2.63.